The van der Waals surface area contributed by atoms with Gasteiger partial charge in [0, 0.05) is 56.5 Å². The van der Waals surface area contributed by atoms with E-state index in [1.165, 1.54) is 0 Å². The summed E-state index contributed by atoms with van der Waals surface area (Å²) in [4.78, 5) is 36.2. The van der Waals surface area contributed by atoms with Crippen LogP contribution in [0.5, 0.6) is 0 Å². The fraction of sp³-hybridized carbons (Fsp3) is 0.286. The van der Waals surface area contributed by atoms with Gasteiger partial charge in [0.25, 0.3) is 5.91 Å². The summed E-state index contributed by atoms with van der Waals surface area (Å²) < 4.78 is 8.04. The van der Waals surface area contributed by atoms with Crippen molar-refractivity contribution < 1.29 is 19.1 Å². The first-order valence-corrected chi connectivity index (χ1v) is 15.8. The van der Waals surface area contributed by atoms with Gasteiger partial charge in [-0.15, -0.1) is 0 Å². The van der Waals surface area contributed by atoms with E-state index in [1.807, 2.05) is 54.9 Å². The molecule has 0 saturated carbocycles. The molecule has 1 saturated heterocycles. The number of imidazole rings is 1. The fourth-order valence-corrected chi connectivity index (χ4v) is 6.92. The molecule has 0 aliphatic carbocycles. The summed E-state index contributed by atoms with van der Waals surface area (Å²) in [5, 5.41) is 25.9. The van der Waals surface area contributed by atoms with Crippen LogP contribution < -0.4 is 10.6 Å². The minimum atomic E-state index is -0.780. The Hall–Kier alpha value is -5.02. The second kappa shape index (κ2) is 12.3. The van der Waals surface area contributed by atoms with E-state index in [0.29, 0.717) is 71.7 Å². The normalized spacial score (nSPS) is 16.3. The van der Waals surface area contributed by atoms with E-state index in [1.54, 1.807) is 12.1 Å². The van der Waals surface area contributed by atoms with Gasteiger partial charge in [-0.25, -0.2) is 9.97 Å². The van der Waals surface area contributed by atoms with Crippen LogP contribution in [0.4, 0.5) is 5.69 Å². The van der Waals surface area contributed by atoms with E-state index in [0.717, 1.165) is 52.2 Å². The van der Waals surface area contributed by atoms with Crippen molar-refractivity contribution >= 4 is 40.3 Å². The molecule has 11 nitrogen and oxygen atoms in total. The number of carboxylic acid groups (broad SMARTS) is 1. The number of hydrogen-bond acceptors (Lipinski definition) is 8. The molecule has 2 aromatic heterocycles. The minimum absolute atomic E-state index is 0.332. The lowest BCUT2D eigenvalue weighted by Gasteiger charge is -2.15. The number of carbonyl (C=O) groups is 2. The van der Waals surface area contributed by atoms with Crippen molar-refractivity contribution in [2.24, 2.45) is 13.0 Å². The number of hydrogen-bond donors (Lipinski definition) is 3. The molecular formula is C35H32ClN7O4. The molecule has 3 N–H and O–H groups in total. The summed E-state index contributed by atoms with van der Waals surface area (Å²) in [7, 11) is 1.86. The highest BCUT2D eigenvalue weighted by molar-refractivity contribution is 6.36. The van der Waals surface area contributed by atoms with Gasteiger partial charge in [-0.2, -0.15) is 5.26 Å². The molecule has 3 aromatic carbocycles. The van der Waals surface area contributed by atoms with E-state index in [-0.39, 0.29) is 11.8 Å². The fourth-order valence-electron chi connectivity index (χ4n) is 6.65. The molecule has 0 radical (unpaired) electrons. The van der Waals surface area contributed by atoms with Crippen molar-refractivity contribution in [2.45, 2.75) is 32.9 Å². The van der Waals surface area contributed by atoms with E-state index in [4.69, 9.17) is 21.0 Å². The lowest BCUT2D eigenvalue weighted by Crippen LogP contribution is -2.24. The molecule has 2 aliphatic rings. The monoisotopic (exact) mass is 649 g/mol. The van der Waals surface area contributed by atoms with Gasteiger partial charge in [0.1, 0.15) is 11.6 Å². The maximum absolute atomic E-state index is 13.3. The summed E-state index contributed by atoms with van der Waals surface area (Å²) in [6, 6.07) is 17.2. The molecule has 0 spiro atoms. The minimum Gasteiger partial charge on any atom is -0.481 e. The predicted molar refractivity (Wildman–Crippen MR) is 177 cm³/mol. The highest BCUT2D eigenvalue weighted by atomic mass is 35.5. The molecule has 1 atom stereocenters. The maximum Gasteiger partial charge on any atom is 0.307 e. The first-order valence-electron chi connectivity index (χ1n) is 15.5. The number of carboxylic acids is 1. The van der Waals surface area contributed by atoms with Crippen LogP contribution in [0.2, 0.25) is 5.02 Å². The van der Waals surface area contributed by atoms with Gasteiger partial charge in [0.15, 0.2) is 11.4 Å². The Morgan fingerprint density at radius 1 is 1.17 bits per heavy atom. The second-order valence-electron chi connectivity index (χ2n) is 12.1. The van der Waals surface area contributed by atoms with Crippen LogP contribution in [-0.4, -0.2) is 56.1 Å². The predicted octanol–water partition coefficient (Wildman–Crippen LogP) is 5.53. The van der Waals surface area contributed by atoms with Crippen molar-refractivity contribution in [3.8, 4) is 28.7 Å². The molecular weight excluding hydrogens is 618 g/mol. The van der Waals surface area contributed by atoms with Gasteiger partial charge in [0.05, 0.1) is 27.9 Å². The number of fused-ring (bicyclic) bond motifs is 2. The number of nitrogens with zero attached hydrogens (tertiary/aromatic N) is 5. The number of halogens is 1. The molecule has 1 fully saturated rings. The van der Waals surface area contributed by atoms with Crippen molar-refractivity contribution in [1.82, 2.24) is 24.8 Å². The number of amides is 1. The third-order valence-corrected chi connectivity index (χ3v) is 9.54. The molecule has 1 amide bonds. The van der Waals surface area contributed by atoms with Crippen LogP contribution in [-0.2, 0) is 31.4 Å². The van der Waals surface area contributed by atoms with E-state index in [2.05, 4.69) is 26.6 Å². The Bertz CT molecular complexity index is 2110. The van der Waals surface area contributed by atoms with Gasteiger partial charge in [-0.3, -0.25) is 14.5 Å². The lowest BCUT2D eigenvalue weighted by atomic mass is 9.96. The molecule has 12 heteroatoms. The summed E-state index contributed by atoms with van der Waals surface area (Å²) in [5.41, 5.74) is 7.79. The Morgan fingerprint density at radius 3 is 2.72 bits per heavy atom. The van der Waals surface area contributed by atoms with Crippen LogP contribution >= 0.6 is 11.6 Å². The Kier molecular flexibility index (Phi) is 8.01. The van der Waals surface area contributed by atoms with Crippen molar-refractivity contribution in [3.05, 3.63) is 87.5 Å². The number of nitriles is 1. The standard InChI is InChI=1S/C35H32ClN7O4/c1-19-23(25-7-4-8-26(30(25)36)40-33(44)32-39-28-16-38-11-9-29(28)42(32)2)5-3-6-24(19)34-41-27-14-20(13-22(15-37)31(27)47-34)17-43-12-10-21(18-43)35(45)46/h3-8,13-14,21,38H,9-12,16-18H2,1-2H3,(H,40,44)(H,45,46). The number of rotatable bonds is 7. The highest BCUT2D eigenvalue weighted by Crippen LogP contribution is 2.39. The number of benzene rings is 3. The number of aliphatic carboxylic acids is 1. The smallest absolute Gasteiger partial charge is 0.307 e. The molecule has 5 aromatic rings. The zero-order valence-corrected chi connectivity index (χ0v) is 26.7. The van der Waals surface area contributed by atoms with Crippen LogP contribution in [0.1, 0.15) is 45.1 Å². The highest BCUT2D eigenvalue weighted by Gasteiger charge is 2.28. The van der Waals surface area contributed by atoms with Crippen LogP contribution in [0, 0.1) is 24.2 Å². The molecule has 4 heterocycles. The molecule has 0 bridgehead atoms. The van der Waals surface area contributed by atoms with Gasteiger partial charge >= 0.3 is 5.97 Å². The van der Waals surface area contributed by atoms with Gasteiger partial charge in [-0.1, -0.05) is 35.9 Å². The number of oxazole rings is 1. The quantitative estimate of drug-likeness (QED) is 0.207. The number of likely N-dealkylation sites (tertiary alicyclic amines) is 1. The Labute approximate surface area is 275 Å². The van der Waals surface area contributed by atoms with Crippen LogP contribution in [0.3, 0.4) is 0 Å². The van der Waals surface area contributed by atoms with Crippen molar-refractivity contribution in [1.29, 1.82) is 5.26 Å². The summed E-state index contributed by atoms with van der Waals surface area (Å²) in [6.07, 6.45) is 1.42. The third kappa shape index (κ3) is 5.65. The van der Waals surface area contributed by atoms with Gasteiger partial charge in [-0.05, 0) is 60.8 Å². The largest absolute Gasteiger partial charge is 0.481 e. The second-order valence-corrected chi connectivity index (χ2v) is 12.5. The van der Waals surface area contributed by atoms with E-state index in [9.17, 15) is 20.0 Å². The average molecular weight is 650 g/mol. The topological polar surface area (TPSA) is 149 Å². The summed E-state index contributed by atoms with van der Waals surface area (Å²) in [6.45, 7) is 5.12. The van der Waals surface area contributed by atoms with Gasteiger partial charge < -0.3 is 24.7 Å². The first kappa shape index (κ1) is 30.6. The maximum atomic E-state index is 13.3. The summed E-state index contributed by atoms with van der Waals surface area (Å²) in [5.74, 6) is -0.792. The number of nitrogens with one attached hydrogen (secondary N) is 2. The SMILES string of the molecule is Cc1c(-c2nc3cc(CN4CCC(C(=O)O)C4)cc(C#N)c3o2)cccc1-c1cccc(NC(=O)c2nc3c(n2C)CCNC3)c1Cl. The molecule has 7 rings (SSSR count). The zero-order chi connectivity index (χ0) is 32.8. The Morgan fingerprint density at radius 2 is 1.96 bits per heavy atom. The number of aromatic nitrogens is 3. The van der Waals surface area contributed by atoms with Gasteiger partial charge in [0.2, 0.25) is 5.89 Å². The van der Waals surface area contributed by atoms with Crippen LogP contribution in [0.25, 0.3) is 33.7 Å². The van der Waals surface area contributed by atoms with Crippen molar-refractivity contribution in [2.75, 3.05) is 25.0 Å². The van der Waals surface area contributed by atoms with E-state index >= 15 is 0 Å². The average Bonchev–Trinajstić information content (AvgIpc) is 3.80. The lowest BCUT2D eigenvalue weighted by molar-refractivity contribution is -0.141. The van der Waals surface area contributed by atoms with Crippen molar-refractivity contribution in [3.63, 3.8) is 0 Å². The van der Waals surface area contributed by atoms with E-state index < -0.39 is 5.97 Å². The zero-order valence-electron chi connectivity index (χ0n) is 25.9. The summed E-state index contributed by atoms with van der Waals surface area (Å²) >= 11 is 6.94. The molecule has 2 aliphatic heterocycles. The third-order valence-electron chi connectivity index (χ3n) is 9.13. The molecule has 47 heavy (non-hydrogen) atoms. The Balaban J connectivity index is 1.18. The number of carbonyl (C=O) groups excluding carboxylic acids is 1. The van der Waals surface area contributed by atoms with Crippen LogP contribution in [0.15, 0.2) is 52.9 Å². The number of anilines is 1. The first-order chi connectivity index (χ1) is 22.7. The molecule has 238 valence electrons. The molecule has 1 unspecified atom stereocenters.